The van der Waals surface area contributed by atoms with Crippen molar-refractivity contribution in [2.24, 2.45) is 0 Å². The molecule has 0 aliphatic carbocycles. The van der Waals surface area contributed by atoms with Crippen molar-refractivity contribution in [3.63, 3.8) is 0 Å². The predicted molar refractivity (Wildman–Crippen MR) is 60.4 cm³/mol. The highest BCUT2D eigenvalue weighted by molar-refractivity contribution is 5.34. The molecule has 2 aromatic rings. The van der Waals surface area contributed by atoms with E-state index in [-0.39, 0.29) is 5.82 Å². The molecule has 0 radical (unpaired) electrons. The Morgan fingerprint density at radius 3 is 2.56 bits per heavy atom. The van der Waals surface area contributed by atoms with Crippen LogP contribution in [0.4, 0.5) is 10.2 Å². The molecule has 82 valence electrons. The first kappa shape index (κ1) is 10.5. The molecule has 0 spiro atoms. The van der Waals surface area contributed by atoms with Crippen molar-refractivity contribution in [3.8, 4) is 0 Å². The molecule has 0 unspecified atom stereocenters. The number of nitrogens with two attached hydrogens (primary N) is 1. The summed E-state index contributed by atoms with van der Waals surface area (Å²) in [5.41, 5.74) is 7.88. The second-order valence-corrected chi connectivity index (χ2v) is 3.68. The van der Waals surface area contributed by atoms with E-state index in [1.807, 2.05) is 31.2 Å². The lowest BCUT2D eigenvalue weighted by atomic mass is 10.1. The summed E-state index contributed by atoms with van der Waals surface area (Å²) < 4.78 is 13.5. The number of rotatable bonds is 2. The molecule has 2 N–H and O–H groups in total. The maximum atomic E-state index is 13.5. The van der Waals surface area contributed by atoms with Crippen LogP contribution < -0.4 is 5.73 Å². The second kappa shape index (κ2) is 4.26. The lowest BCUT2D eigenvalue weighted by Crippen LogP contribution is -2.03. The Balaban J connectivity index is 2.27. The number of nitrogens with zero attached hydrogens (tertiary/aromatic N) is 2. The Bertz CT molecular complexity index is 494. The number of benzene rings is 1. The summed E-state index contributed by atoms with van der Waals surface area (Å²) in [4.78, 5) is 7.48. The van der Waals surface area contributed by atoms with E-state index < -0.39 is 5.82 Å². The summed E-state index contributed by atoms with van der Waals surface area (Å²) in [6.45, 7) is 2.01. The van der Waals surface area contributed by atoms with Crippen LogP contribution in [0.2, 0.25) is 0 Å². The van der Waals surface area contributed by atoms with Crippen LogP contribution in [-0.4, -0.2) is 9.97 Å². The SMILES string of the molecule is Cc1ccc(Cc2ncnc(N)c2F)cc1. The fourth-order valence-corrected chi connectivity index (χ4v) is 1.44. The molecule has 0 saturated carbocycles. The number of halogens is 1. The number of hydrogen-bond donors (Lipinski definition) is 1. The first-order valence-electron chi connectivity index (χ1n) is 4.97. The third kappa shape index (κ3) is 2.16. The molecule has 3 nitrogen and oxygen atoms in total. The van der Waals surface area contributed by atoms with E-state index in [9.17, 15) is 4.39 Å². The number of anilines is 1. The molecule has 1 aromatic heterocycles. The highest BCUT2D eigenvalue weighted by Gasteiger charge is 2.08. The van der Waals surface area contributed by atoms with E-state index in [1.54, 1.807) is 0 Å². The van der Waals surface area contributed by atoms with Gasteiger partial charge in [0.05, 0.1) is 5.69 Å². The summed E-state index contributed by atoms with van der Waals surface area (Å²) in [5.74, 6) is -0.625. The molecule has 0 amide bonds. The number of nitrogen functional groups attached to an aromatic ring is 1. The summed E-state index contributed by atoms with van der Waals surface area (Å²) in [6.07, 6.45) is 1.71. The molecule has 4 heteroatoms. The highest BCUT2D eigenvalue weighted by Crippen LogP contribution is 2.14. The van der Waals surface area contributed by atoms with E-state index in [0.29, 0.717) is 12.1 Å². The Morgan fingerprint density at radius 1 is 1.19 bits per heavy atom. The van der Waals surface area contributed by atoms with Crippen LogP contribution >= 0.6 is 0 Å². The fraction of sp³-hybridized carbons (Fsp3) is 0.167. The van der Waals surface area contributed by atoms with Gasteiger partial charge in [-0.15, -0.1) is 0 Å². The van der Waals surface area contributed by atoms with Crippen LogP contribution in [0, 0.1) is 12.7 Å². The van der Waals surface area contributed by atoms with Gasteiger partial charge in [-0.05, 0) is 12.5 Å². The van der Waals surface area contributed by atoms with Gasteiger partial charge in [-0.25, -0.2) is 14.4 Å². The van der Waals surface area contributed by atoms with Gasteiger partial charge in [0, 0.05) is 6.42 Å². The summed E-state index contributed by atoms with van der Waals surface area (Å²) in [7, 11) is 0. The van der Waals surface area contributed by atoms with Crippen LogP contribution in [0.1, 0.15) is 16.8 Å². The second-order valence-electron chi connectivity index (χ2n) is 3.68. The Hall–Kier alpha value is -1.97. The zero-order chi connectivity index (χ0) is 11.5. The molecule has 0 saturated heterocycles. The van der Waals surface area contributed by atoms with E-state index in [1.165, 1.54) is 11.9 Å². The van der Waals surface area contributed by atoms with Crippen LogP contribution in [0.5, 0.6) is 0 Å². The minimum absolute atomic E-state index is 0.0999. The van der Waals surface area contributed by atoms with Gasteiger partial charge in [0.1, 0.15) is 6.33 Å². The van der Waals surface area contributed by atoms with Crippen LogP contribution in [0.25, 0.3) is 0 Å². The molecule has 0 fully saturated rings. The summed E-state index contributed by atoms with van der Waals surface area (Å²) in [5, 5.41) is 0. The average Bonchev–Trinajstić information content (AvgIpc) is 2.28. The molecule has 0 aliphatic heterocycles. The first-order valence-corrected chi connectivity index (χ1v) is 4.97. The molecule has 1 aromatic carbocycles. The maximum absolute atomic E-state index is 13.5. The van der Waals surface area contributed by atoms with Crippen molar-refractivity contribution >= 4 is 5.82 Å². The normalized spacial score (nSPS) is 10.4. The van der Waals surface area contributed by atoms with Crippen LogP contribution in [0.15, 0.2) is 30.6 Å². The molecular weight excluding hydrogens is 205 g/mol. The Morgan fingerprint density at radius 2 is 1.88 bits per heavy atom. The third-order valence-corrected chi connectivity index (χ3v) is 2.38. The molecular formula is C12H12FN3. The van der Waals surface area contributed by atoms with Crippen molar-refractivity contribution in [2.75, 3.05) is 5.73 Å². The van der Waals surface area contributed by atoms with Crippen molar-refractivity contribution in [2.45, 2.75) is 13.3 Å². The van der Waals surface area contributed by atoms with Crippen LogP contribution in [-0.2, 0) is 6.42 Å². The van der Waals surface area contributed by atoms with Gasteiger partial charge >= 0.3 is 0 Å². The van der Waals surface area contributed by atoms with Crippen molar-refractivity contribution in [3.05, 3.63) is 53.2 Å². The zero-order valence-corrected chi connectivity index (χ0v) is 8.94. The number of hydrogen-bond acceptors (Lipinski definition) is 3. The van der Waals surface area contributed by atoms with Gasteiger partial charge in [-0.3, -0.25) is 0 Å². The van der Waals surface area contributed by atoms with Gasteiger partial charge in [0.15, 0.2) is 11.6 Å². The van der Waals surface area contributed by atoms with Gasteiger partial charge < -0.3 is 5.73 Å². The van der Waals surface area contributed by atoms with Crippen molar-refractivity contribution in [1.29, 1.82) is 0 Å². The van der Waals surface area contributed by atoms with E-state index in [2.05, 4.69) is 9.97 Å². The largest absolute Gasteiger partial charge is 0.381 e. The maximum Gasteiger partial charge on any atom is 0.187 e. The van der Waals surface area contributed by atoms with Crippen molar-refractivity contribution < 1.29 is 4.39 Å². The number of aromatic nitrogens is 2. The molecule has 2 rings (SSSR count). The molecule has 0 bridgehead atoms. The van der Waals surface area contributed by atoms with Gasteiger partial charge in [-0.1, -0.05) is 29.8 Å². The summed E-state index contributed by atoms with van der Waals surface area (Å²) >= 11 is 0. The van der Waals surface area contributed by atoms with E-state index in [4.69, 9.17) is 5.73 Å². The molecule has 1 heterocycles. The van der Waals surface area contributed by atoms with Crippen molar-refractivity contribution in [1.82, 2.24) is 9.97 Å². The Kier molecular flexibility index (Phi) is 2.81. The zero-order valence-electron chi connectivity index (χ0n) is 8.94. The topological polar surface area (TPSA) is 51.8 Å². The standard InChI is InChI=1S/C12H12FN3/c1-8-2-4-9(5-3-8)6-10-11(13)12(14)16-7-15-10/h2-5,7H,6H2,1H3,(H2,14,15,16). The first-order chi connectivity index (χ1) is 7.66. The molecule has 0 atom stereocenters. The highest BCUT2D eigenvalue weighted by atomic mass is 19.1. The molecule has 16 heavy (non-hydrogen) atoms. The predicted octanol–water partition coefficient (Wildman–Crippen LogP) is 2.10. The lowest BCUT2D eigenvalue weighted by molar-refractivity contribution is 0.602. The quantitative estimate of drug-likeness (QED) is 0.838. The average molecular weight is 217 g/mol. The Labute approximate surface area is 93.2 Å². The minimum Gasteiger partial charge on any atom is -0.381 e. The minimum atomic E-state index is -0.525. The number of aryl methyl sites for hydroxylation is 1. The van der Waals surface area contributed by atoms with E-state index >= 15 is 0 Å². The smallest absolute Gasteiger partial charge is 0.187 e. The summed E-state index contributed by atoms with van der Waals surface area (Å²) in [6, 6.07) is 7.87. The van der Waals surface area contributed by atoms with Gasteiger partial charge in [-0.2, -0.15) is 0 Å². The van der Waals surface area contributed by atoms with Crippen LogP contribution in [0.3, 0.4) is 0 Å². The third-order valence-electron chi connectivity index (χ3n) is 2.38. The fourth-order valence-electron chi connectivity index (χ4n) is 1.44. The van der Waals surface area contributed by atoms with Gasteiger partial charge in [0.2, 0.25) is 0 Å². The molecule has 0 aliphatic rings. The lowest BCUT2D eigenvalue weighted by Gasteiger charge is -2.04. The monoisotopic (exact) mass is 217 g/mol. The van der Waals surface area contributed by atoms with Gasteiger partial charge in [0.25, 0.3) is 0 Å². The van der Waals surface area contributed by atoms with E-state index in [0.717, 1.165) is 5.56 Å².